The van der Waals surface area contributed by atoms with E-state index < -0.39 is 0 Å². The second-order valence-corrected chi connectivity index (χ2v) is 10.1. The largest absolute Gasteiger partial charge is 0.493 e. The number of piperidine rings is 1. The Balaban J connectivity index is 1.16. The number of furan rings is 1. The van der Waals surface area contributed by atoms with Crippen molar-refractivity contribution in [1.82, 2.24) is 34.8 Å². The van der Waals surface area contributed by atoms with Crippen molar-refractivity contribution in [2.75, 3.05) is 32.6 Å². The smallest absolute Gasteiger partial charge is 0.226 e. The first-order valence-electron chi connectivity index (χ1n) is 13.8. The van der Waals surface area contributed by atoms with Gasteiger partial charge in [-0.25, -0.2) is 9.97 Å². The summed E-state index contributed by atoms with van der Waals surface area (Å²) in [6.45, 7) is 4.11. The van der Waals surface area contributed by atoms with E-state index in [2.05, 4.69) is 26.6 Å². The van der Waals surface area contributed by atoms with Crippen molar-refractivity contribution in [1.29, 1.82) is 0 Å². The fourth-order valence-corrected chi connectivity index (χ4v) is 5.13. The van der Waals surface area contributed by atoms with Crippen LogP contribution in [0.25, 0.3) is 17.2 Å². The molecule has 41 heavy (non-hydrogen) atoms. The number of hydrogen-bond donors (Lipinski definition) is 2. The maximum atomic E-state index is 5.60. The van der Waals surface area contributed by atoms with Gasteiger partial charge in [0.05, 0.1) is 20.5 Å². The molecule has 1 aromatic carbocycles. The van der Waals surface area contributed by atoms with E-state index in [-0.39, 0.29) is 0 Å². The Bertz CT molecular complexity index is 1560. The molecule has 0 atom stereocenters. The maximum Gasteiger partial charge on any atom is 0.226 e. The van der Waals surface area contributed by atoms with Gasteiger partial charge >= 0.3 is 0 Å². The number of nitrogens with zero attached hydrogens (tertiary/aromatic N) is 6. The Hall–Kier alpha value is -4.48. The van der Waals surface area contributed by atoms with Gasteiger partial charge in [0, 0.05) is 49.8 Å². The molecule has 0 aliphatic carbocycles. The van der Waals surface area contributed by atoms with Gasteiger partial charge in [0.1, 0.15) is 0 Å². The molecule has 4 aromatic heterocycles. The minimum atomic E-state index is 0.492. The number of ether oxygens (including phenoxy) is 2. The predicted molar refractivity (Wildman–Crippen MR) is 155 cm³/mol. The third-order valence-corrected chi connectivity index (χ3v) is 7.38. The standard InChI is InChI=1S/C30H34N8O3/c1-39-25-8-7-21(15-27(25)40-2)17-33-30-34-19-23(29-35-28(36-38(29)30)26-6-4-14-41-26)20-37-12-9-24(10-13-37)32-18-22-5-3-11-31-16-22/h3-8,11,14-16,19,24,32H,9-10,12-13,17-18,20H2,1-2H3,(H,33,34). The van der Waals surface area contributed by atoms with Crippen LogP contribution in [0.2, 0.25) is 0 Å². The third kappa shape index (κ3) is 6.16. The Labute approximate surface area is 238 Å². The SMILES string of the molecule is COc1ccc(CNc2ncc(CN3CCC(NCc4cccnc4)CC3)c3nc(-c4ccco4)nn23)cc1OC. The van der Waals surface area contributed by atoms with E-state index in [1.807, 2.05) is 55.0 Å². The number of anilines is 1. The molecule has 1 saturated heterocycles. The molecule has 1 fully saturated rings. The Morgan fingerprint density at radius 3 is 2.61 bits per heavy atom. The normalized spacial score (nSPS) is 14.4. The molecule has 5 aromatic rings. The highest BCUT2D eigenvalue weighted by molar-refractivity contribution is 5.58. The summed E-state index contributed by atoms with van der Waals surface area (Å²) in [5, 5.41) is 11.8. The summed E-state index contributed by atoms with van der Waals surface area (Å²) in [4.78, 5) is 16.3. The average molecular weight is 555 g/mol. The second kappa shape index (κ2) is 12.4. The molecule has 11 nitrogen and oxygen atoms in total. The van der Waals surface area contributed by atoms with Crippen LogP contribution >= 0.6 is 0 Å². The van der Waals surface area contributed by atoms with E-state index in [0.717, 1.165) is 55.8 Å². The van der Waals surface area contributed by atoms with Crippen molar-refractivity contribution in [3.05, 3.63) is 84.0 Å². The van der Waals surface area contributed by atoms with Crippen molar-refractivity contribution in [3.63, 3.8) is 0 Å². The number of rotatable bonds is 11. The summed E-state index contributed by atoms with van der Waals surface area (Å²) >= 11 is 0. The van der Waals surface area contributed by atoms with Crippen molar-refractivity contribution in [3.8, 4) is 23.1 Å². The van der Waals surface area contributed by atoms with Crippen molar-refractivity contribution in [2.24, 2.45) is 0 Å². The molecule has 5 heterocycles. The van der Waals surface area contributed by atoms with E-state index in [1.54, 1.807) is 25.0 Å². The lowest BCUT2D eigenvalue weighted by molar-refractivity contribution is 0.190. The van der Waals surface area contributed by atoms with Gasteiger partial charge in [-0.1, -0.05) is 12.1 Å². The number of methoxy groups -OCH3 is 2. The molecule has 212 valence electrons. The fourth-order valence-electron chi connectivity index (χ4n) is 5.13. The van der Waals surface area contributed by atoms with Gasteiger partial charge in [0.25, 0.3) is 0 Å². The Morgan fingerprint density at radius 2 is 1.85 bits per heavy atom. The van der Waals surface area contributed by atoms with Crippen LogP contribution in [0.1, 0.15) is 29.5 Å². The molecular weight excluding hydrogens is 520 g/mol. The number of aromatic nitrogens is 5. The summed E-state index contributed by atoms with van der Waals surface area (Å²) in [5.74, 6) is 3.11. The number of hydrogen-bond acceptors (Lipinski definition) is 10. The quantitative estimate of drug-likeness (QED) is 0.247. The van der Waals surface area contributed by atoms with E-state index in [1.165, 1.54) is 5.56 Å². The van der Waals surface area contributed by atoms with Crippen molar-refractivity contribution >= 4 is 11.6 Å². The van der Waals surface area contributed by atoms with E-state index in [0.29, 0.717) is 41.6 Å². The van der Waals surface area contributed by atoms with Crippen LogP contribution in [0.3, 0.4) is 0 Å². The highest BCUT2D eigenvalue weighted by atomic mass is 16.5. The van der Waals surface area contributed by atoms with Gasteiger partial charge in [-0.3, -0.25) is 9.88 Å². The summed E-state index contributed by atoms with van der Waals surface area (Å²) in [6.07, 6.45) is 9.42. The molecule has 0 saturated carbocycles. The Morgan fingerprint density at radius 1 is 0.976 bits per heavy atom. The van der Waals surface area contributed by atoms with E-state index in [4.69, 9.17) is 29.0 Å². The zero-order chi connectivity index (χ0) is 28.0. The third-order valence-electron chi connectivity index (χ3n) is 7.38. The summed E-state index contributed by atoms with van der Waals surface area (Å²) in [6, 6.07) is 14.1. The molecule has 11 heteroatoms. The number of benzene rings is 1. The summed E-state index contributed by atoms with van der Waals surface area (Å²) in [7, 11) is 3.26. The van der Waals surface area contributed by atoms with Crippen LogP contribution in [-0.2, 0) is 19.6 Å². The van der Waals surface area contributed by atoms with Gasteiger partial charge in [-0.05, 0) is 67.4 Å². The highest BCUT2D eigenvalue weighted by Crippen LogP contribution is 2.28. The van der Waals surface area contributed by atoms with Crippen LogP contribution in [0.15, 0.2) is 71.7 Å². The monoisotopic (exact) mass is 554 g/mol. The first kappa shape index (κ1) is 26.7. The maximum absolute atomic E-state index is 5.60. The lowest BCUT2D eigenvalue weighted by Crippen LogP contribution is -2.42. The molecule has 0 bridgehead atoms. The molecule has 1 aliphatic heterocycles. The van der Waals surface area contributed by atoms with Gasteiger partial charge in [-0.2, -0.15) is 4.52 Å². The van der Waals surface area contributed by atoms with E-state index >= 15 is 0 Å². The van der Waals surface area contributed by atoms with E-state index in [9.17, 15) is 0 Å². The minimum absolute atomic E-state index is 0.492. The van der Waals surface area contributed by atoms with Gasteiger partial charge in [0.2, 0.25) is 11.8 Å². The average Bonchev–Trinajstić information content (AvgIpc) is 3.72. The van der Waals surface area contributed by atoms with Crippen LogP contribution in [0, 0.1) is 0 Å². The van der Waals surface area contributed by atoms with Gasteiger partial charge in [-0.15, -0.1) is 5.10 Å². The number of pyridine rings is 1. The summed E-state index contributed by atoms with van der Waals surface area (Å²) in [5.41, 5.74) is 4.02. The molecule has 0 radical (unpaired) electrons. The van der Waals surface area contributed by atoms with Crippen molar-refractivity contribution < 1.29 is 13.9 Å². The minimum Gasteiger partial charge on any atom is -0.493 e. The molecule has 1 aliphatic rings. The Kier molecular flexibility index (Phi) is 8.06. The van der Waals surface area contributed by atoms with Crippen LogP contribution in [-0.4, -0.2) is 62.8 Å². The fraction of sp³-hybridized carbons (Fsp3) is 0.333. The number of fused-ring (bicyclic) bond motifs is 1. The molecule has 0 amide bonds. The number of likely N-dealkylation sites (tertiary alicyclic amines) is 1. The molecule has 2 N–H and O–H groups in total. The number of nitrogens with one attached hydrogen (secondary N) is 2. The topological polar surface area (TPSA) is 115 Å². The van der Waals surface area contributed by atoms with Crippen LogP contribution < -0.4 is 20.1 Å². The first-order chi connectivity index (χ1) is 20.2. The molecule has 0 unspecified atom stereocenters. The lowest BCUT2D eigenvalue weighted by Gasteiger charge is -2.32. The second-order valence-electron chi connectivity index (χ2n) is 10.1. The molecule has 6 rings (SSSR count). The zero-order valence-electron chi connectivity index (χ0n) is 23.3. The van der Waals surface area contributed by atoms with Gasteiger partial charge in [0.15, 0.2) is 22.9 Å². The highest BCUT2D eigenvalue weighted by Gasteiger charge is 2.22. The lowest BCUT2D eigenvalue weighted by atomic mass is 10.0. The van der Waals surface area contributed by atoms with Crippen LogP contribution in [0.4, 0.5) is 5.95 Å². The predicted octanol–water partition coefficient (Wildman–Crippen LogP) is 4.16. The zero-order valence-corrected chi connectivity index (χ0v) is 23.3. The molecule has 0 spiro atoms. The molecular formula is C30H34N8O3. The summed E-state index contributed by atoms with van der Waals surface area (Å²) < 4.78 is 18.2. The van der Waals surface area contributed by atoms with Gasteiger partial charge < -0.3 is 24.5 Å². The van der Waals surface area contributed by atoms with Crippen LogP contribution in [0.5, 0.6) is 11.5 Å². The van der Waals surface area contributed by atoms with Crippen molar-refractivity contribution in [2.45, 2.75) is 38.5 Å². The first-order valence-corrected chi connectivity index (χ1v) is 13.8.